The highest BCUT2D eigenvalue weighted by atomic mass is 16.6. The lowest BCUT2D eigenvalue weighted by Gasteiger charge is -2.04. The van der Waals surface area contributed by atoms with Crippen molar-refractivity contribution in [2.24, 2.45) is 5.92 Å². The van der Waals surface area contributed by atoms with Gasteiger partial charge in [0.2, 0.25) is 0 Å². The third-order valence-electron chi connectivity index (χ3n) is 2.29. The molecule has 0 aliphatic rings. The lowest BCUT2D eigenvalue weighted by atomic mass is 10.0. The van der Waals surface area contributed by atoms with Crippen molar-refractivity contribution in [2.45, 2.75) is 19.8 Å². The maximum atomic E-state index is 10.7. The fourth-order valence-corrected chi connectivity index (χ4v) is 1.35. The van der Waals surface area contributed by atoms with Gasteiger partial charge in [0.25, 0.3) is 5.69 Å². The molecule has 0 aliphatic carbocycles. The summed E-state index contributed by atoms with van der Waals surface area (Å²) in [5, 5.41) is 10.7. The first kappa shape index (κ1) is 11.4. The lowest BCUT2D eigenvalue weighted by Crippen LogP contribution is -2.00. The van der Waals surface area contributed by atoms with Crippen LogP contribution in [-0.4, -0.2) is 11.2 Å². The number of aryl methyl sites for hydroxylation is 1. The Morgan fingerprint density at radius 3 is 2.73 bits per heavy atom. The first-order valence-corrected chi connectivity index (χ1v) is 4.82. The fraction of sp³-hybridized carbons (Fsp3) is 0.364. The zero-order valence-corrected chi connectivity index (χ0v) is 8.55. The number of carbonyl (C=O) groups excluding carboxylic acids is 1. The number of nitro benzene ring substituents is 1. The number of nitro groups is 1. The molecule has 0 saturated heterocycles. The van der Waals surface area contributed by atoms with Crippen molar-refractivity contribution in [3.05, 3.63) is 39.9 Å². The van der Waals surface area contributed by atoms with E-state index in [2.05, 4.69) is 0 Å². The van der Waals surface area contributed by atoms with Crippen molar-refractivity contribution >= 4 is 12.0 Å². The van der Waals surface area contributed by atoms with Gasteiger partial charge in [-0.15, -0.1) is 0 Å². The molecule has 0 saturated carbocycles. The van der Waals surface area contributed by atoms with Gasteiger partial charge in [-0.1, -0.05) is 25.1 Å². The maximum absolute atomic E-state index is 10.7. The van der Waals surface area contributed by atoms with Gasteiger partial charge in [0.05, 0.1) is 4.92 Å². The number of hydrogen-bond acceptors (Lipinski definition) is 3. The number of aldehydes is 1. The molecule has 0 spiro atoms. The van der Waals surface area contributed by atoms with Gasteiger partial charge in [0, 0.05) is 17.5 Å². The average molecular weight is 207 g/mol. The Morgan fingerprint density at radius 2 is 2.13 bits per heavy atom. The van der Waals surface area contributed by atoms with Crippen molar-refractivity contribution < 1.29 is 9.72 Å². The summed E-state index contributed by atoms with van der Waals surface area (Å²) < 4.78 is 0. The van der Waals surface area contributed by atoms with Crippen molar-refractivity contribution in [3.63, 3.8) is 0 Å². The van der Waals surface area contributed by atoms with E-state index in [0.717, 1.165) is 6.29 Å². The van der Waals surface area contributed by atoms with Crippen LogP contribution in [-0.2, 0) is 11.2 Å². The molecule has 1 rings (SSSR count). The van der Waals surface area contributed by atoms with Crippen molar-refractivity contribution in [3.8, 4) is 0 Å². The normalized spacial score (nSPS) is 12.1. The van der Waals surface area contributed by atoms with Gasteiger partial charge >= 0.3 is 0 Å². The van der Waals surface area contributed by atoms with Crippen LogP contribution >= 0.6 is 0 Å². The average Bonchev–Trinajstić information content (AvgIpc) is 2.26. The summed E-state index contributed by atoms with van der Waals surface area (Å²) >= 11 is 0. The number of nitrogens with zero attached hydrogens (tertiary/aromatic N) is 1. The van der Waals surface area contributed by atoms with Gasteiger partial charge in [-0.3, -0.25) is 10.1 Å². The number of carbonyl (C=O) groups is 1. The predicted octanol–water partition coefficient (Wildman–Crippen LogP) is 2.36. The summed E-state index contributed by atoms with van der Waals surface area (Å²) in [6, 6.07) is 6.63. The smallest absolute Gasteiger partial charge is 0.272 e. The number of benzene rings is 1. The van der Waals surface area contributed by atoms with Crippen LogP contribution in [0.5, 0.6) is 0 Å². The lowest BCUT2D eigenvalue weighted by molar-refractivity contribution is -0.385. The summed E-state index contributed by atoms with van der Waals surface area (Å²) in [6.07, 6.45) is 2.08. The molecule has 0 N–H and O–H groups in total. The Hall–Kier alpha value is -1.71. The minimum absolute atomic E-state index is 0.0511. The van der Waals surface area contributed by atoms with Crippen LogP contribution in [0.3, 0.4) is 0 Å². The highest BCUT2D eigenvalue weighted by molar-refractivity contribution is 5.52. The first-order chi connectivity index (χ1) is 7.15. The van der Waals surface area contributed by atoms with Crippen molar-refractivity contribution in [2.75, 3.05) is 0 Å². The molecule has 15 heavy (non-hydrogen) atoms. The van der Waals surface area contributed by atoms with Gasteiger partial charge in [-0.2, -0.15) is 0 Å². The van der Waals surface area contributed by atoms with E-state index in [-0.39, 0.29) is 16.5 Å². The van der Waals surface area contributed by atoms with Crippen LogP contribution in [0.15, 0.2) is 24.3 Å². The molecule has 0 aromatic heterocycles. The second kappa shape index (κ2) is 5.24. The Kier molecular flexibility index (Phi) is 3.97. The summed E-state index contributed by atoms with van der Waals surface area (Å²) in [5.74, 6) is -0.0511. The summed E-state index contributed by atoms with van der Waals surface area (Å²) in [6.45, 7) is 1.81. The van der Waals surface area contributed by atoms with Crippen LogP contribution in [0.25, 0.3) is 0 Å². The molecular weight excluding hydrogens is 194 g/mol. The third kappa shape index (κ3) is 3.16. The SMILES string of the molecule is CC(C=O)CCc1ccccc1[N+](=O)[O-]. The Morgan fingerprint density at radius 1 is 1.47 bits per heavy atom. The zero-order valence-electron chi connectivity index (χ0n) is 8.55. The van der Waals surface area contributed by atoms with E-state index in [1.54, 1.807) is 18.2 Å². The van der Waals surface area contributed by atoms with Crippen LogP contribution in [0.1, 0.15) is 18.9 Å². The minimum atomic E-state index is -0.388. The van der Waals surface area contributed by atoms with Gasteiger partial charge in [-0.25, -0.2) is 0 Å². The largest absolute Gasteiger partial charge is 0.303 e. The Bertz CT molecular complexity index is 363. The molecule has 4 heteroatoms. The van der Waals surface area contributed by atoms with Gasteiger partial charge in [-0.05, 0) is 12.8 Å². The summed E-state index contributed by atoms with van der Waals surface area (Å²) in [7, 11) is 0. The first-order valence-electron chi connectivity index (χ1n) is 4.82. The minimum Gasteiger partial charge on any atom is -0.303 e. The molecule has 0 bridgehead atoms. The van der Waals surface area contributed by atoms with Crippen molar-refractivity contribution in [1.29, 1.82) is 0 Å². The summed E-state index contributed by atoms with van der Waals surface area (Å²) in [5.41, 5.74) is 0.826. The van der Waals surface area contributed by atoms with E-state index in [9.17, 15) is 14.9 Å². The summed E-state index contributed by atoms with van der Waals surface area (Å²) in [4.78, 5) is 20.7. The highest BCUT2D eigenvalue weighted by Crippen LogP contribution is 2.20. The third-order valence-corrected chi connectivity index (χ3v) is 2.29. The monoisotopic (exact) mass is 207 g/mol. The number of hydrogen-bond donors (Lipinski definition) is 0. The topological polar surface area (TPSA) is 60.2 Å². The predicted molar refractivity (Wildman–Crippen MR) is 56.6 cm³/mol. The molecule has 80 valence electrons. The fourth-order valence-electron chi connectivity index (χ4n) is 1.35. The van der Waals surface area contributed by atoms with Crippen LogP contribution < -0.4 is 0 Å². The molecule has 1 aromatic rings. The molecule has 0 amide bonds. The van der Waals surface area contributed by atoms with Crippen LogP contribution in [0, 0.1) is 16.0 Å². The van der Waals surface area contributed by atoms with E-state index in [0.29, 0.717) is 18.4 Å². The molecule has 4 nitrogen and oxygen atoms in total. The molecule has 1 atom stereocenters. The van der Waals surface area contributed by atoms with E-state index in [4.69, 9.17) is 0 Å². The second-order valence-electron chi connectivity index (χ2n) is 3.54. The molecule has 1 unspecified atom stereocenters. The van der Waals surface area contributed by atoms with Crippen LogP contribution in [0.2, 0.25) is 0 Å². The van der Waals surface area contributed by atoms with Gasteiger partial charge < -0.3 is 4.79 Å². The second-order valence-corrected chi connectivity index (χ2v) is 3.54. The zero-order chi connectivity index (χ0) is 11.3. The molecule has 0 aliphatic heterocycles. The van der Waals surface area contributed by atoms with Gasteiger partial charge in [0.15, 0.2) is 0 Å². The Labute approximate surface area is 88.1 Å². The molecule has 0 heterocycles. The number of rotatable bonds is 5. The quantitative estimate of drug-likeness (QED) is 0.423. The highest BCUT2D eigenvalue weighted by Gasteiger charge is 2.12. The molecule has 0 fully saturated rings. The molecular formula is C11H13NO3. The van der Waals surface area contributed by atoms with Crippen molar-refractivity contribution in [1.82, 2.24) is 0 Å². The standard InChI is InChI=1S/C11H13NO3/c1-9(8-13)6-7-10-4-2-3-5-11(10)12(14)15/h2-5,8-9H,6-7H2,1H3. The van der Waals surface area contributed by atoms with E-state index < -0.39 is 0 Å². The molecule has 0 radical (unpaired) electrons. The van der Waals surface area contributed by atoms with E-state index in [1.165, 1.54) is 6.07 Å². The van der Waals surface area contributed by atoms with E-state index in [1.807, 2.05) is 6.92 Å². The Balaban J connectivity index is 2.76. The molecule has 1 aromatic carbocycles. The maximum Gasteiger partial charge on any atom is 0.272 e. The van der Waals surface area contributed by atoms with Gasteiger partial charge in [0.1, 0.15) is 6.29 Å². The number of para-hydroxylation sites is 1. The van der Waals surface area contributed by atoms with Crippen LogP contribution in [0.4, 0.5) is 5.69 Å². The van der Waals surface area contributed by atoms with E-state index >= 15 is 0 Å².